The topological polar surface area (TPSA) is 59.1 Å². The van der Waals surface area contributed by atoms with E-state index in [2.05, 4.69) is 20.6 Å². The Morgan fingerprint density at radius 1 is 0.923 bits per heavy atom. The summed E-state index contributed by atoms with van der Waals surface area (Å²) in [5.74, 6) is 2.87. The first-order valence-electron chi connectivity index (χ1n) is 8.40. The minimum atomic E-state index is 0.150. The van der Waals surface area contributed by atoms with E-state index in [1.807, 2.05) is 75.4 Å². The molecule has 0 radical (unpaired) electrons. The molecule has 0 bridgehead atoms. The number of benzene rings is 2. The lowest BCUT2D eigenvalue weighted by Crippen LogP contribution is -2.05. The summed E-state index contributed by atoms with van der Waals surface area (Å²) < 4.78 is 5.66. The number of rotatable bonds is 6. The van der Waals surface area contributed by atoms with Crippen LogP contribution in [-0.2, 0) is 0 Å². The number of anilines is 4. The van der Waals surface area contributed by atoms with Gasteiger partial charge in [0.05, 0.1) is 16.8 Å². The van der Waals surface area contributed by atoms with Crippen LogP contribution in [0.5, 0.6) is 5.75 Å². The van der Waals surface area contributed by atoms with Gasteiger partial charge in [-0.25, -0.2) is 9.97 Å². The molecule has 1 heterocycles. The Morgan fingerprint density at radius 3 is 2.23 bits per heavy atom. The Morgan fingerprint density at radius 2 is 1.58 bits per heavy atom. The molecule has 0 saturated heterocycles. The van der Waals surface area contributed by atoms with Gasteiger partial charge in [0.15, 0.2) is 0 Å². The Bertz CT molecular complexity index is 881. The number of hydrogen-bond donors (Lipinski definition) is 2. The maximum absolute atomic E-state index is 6.20. The third-order valence-corrected chi connectivity index (χ3v) is 3.80. The lowest BCUT2D eigenvalue weighted by atomic mass is 10.3. The maximum atomic E-state index is 6.20. The predicted octanol–water partition coefficient (Wildman–Crippen LogP) is 5.71. The second kappa shape index (κ2) is 8.06. The molecule has 0 fully saturated rings. The fourth-order valence-corrected chi connectivity index (χ4v) is 2.62. The van der Waals surface area contributed by atoms with Crippen LogP contribution < -0.4 is 15.4 Å². The second-order valence-electron chi connectivity index (χ2n) is 6.11. The molecule has 0 atom stereocenters. The Hall–Kier alpha value is -2.79. The summed E-state index contributed by atoms with van der Waals surface area (Å²) in [5.41, 5.74) is 1.72. The number of halogens is 1. The van der Waals surface area contributed by atoms with Gasteiger partial charge >= 0.3 is 0 Å². The molecule has 0 spiro atoms. The molecule has 3 aromatic rings. The van der Waals surface area contributed by atoms with Crippen LogP contribution in [-0.4, -0.2) is 16.1 Å². The zero-order valence-corrected chi connectivity index (χ0v) is 15.7. The van der Waals surface area contributed by atoms with Crippen molar-refractivity contribution in [3.63, 3.8) is 0 Å². The van der Waals surface area contributed by atoms with Crippen LogP contribution in [0.3, 0.4) is 0 Å². The van der Waals surface area contributed by atoms with E-state index in [0.29, 0.717) is 22.5 Å². The molecule has 0 aliphatic rings. The molecule has 6 heteroatoms. The number of aryl methyl sites for hydroxylation is 1. The first-order chi connectivity index (χ1) is 12.5. The molecule has 2 aromatic carbocycles. The molecule has 26 heavy (non-hydrogen) atoms. The first kappa shape index (κ1) is 18.0. The summed E-state index contributed by atoms with van der Waals surface area (Å²) >= 11 is 6.20. The normalized spacial score (nSPS) is 10.7. The average Bonchev–Trinajstić information content (AvgIpc) is 2.58. The number of aromatic nitrogens is 2. The van der Waals surface area contributed by atoms with Crippen molar-refractivity contribution in [2.45, 2.75) is 26.9 Å². The number of ether oxygens (including phenoxy) is 1. The SMILES string of the molecule is Cc1nc(Nc2ccc(OC(C)C)cc2)cc(Nc2ccccc2Cl)n1. The summed E-state index contributed by atoms with van der Waals surface area (Å²) in [6, 6.07) is 17.2. The standard InChI is InChI=1S/C20H21ClN4O/c1-13(2)26-16-10-8-15(9-11-16)24-19-12-20(23-14(3)22-19)25-18-7-5-4-6-17(18)21/h4-13H,1-3H3,(H2,22,23,24,25). The summed E-state index contributed by atoms with van der Waals surface area (Å²) in [6.07, 6.45) is 0.150. The van der Waals surface area contributed by atoms with E-state index in [-0.39, 0.29) is 6.10 Å². The highest BCUT2D eigenvalue weighted by Gasteiger charge is 2.06. The van der Waals surface area contributed by atoms with E-state index in [1.54, 1.807) is 0 Å². The smallest absolute Gasteiger partial charge is 0.136 e. The summed E-state index contributed by atoms with van der Waals surface area (Å²) in [5, 5.41) is 7.15. The van der Waals surface area contributed by atoms with Gasteiger partial charge in [-0.2, -0.15) is 0 Å². The predicted molar refractivity (Wildman–Crippen MR) is 107 cm³/mol. The minimum absolute atomic E-state index is 0.150. The van der Waals surface area contributed by atoms with Gasteiger partial charge in [-0.15, -0.1) is 0 Å². The maximum Gasteiger partial charge on any atom is 0.136 e. The fourth-order valence-electron chi connectivity index (χ4n) is 2.43. The molecular formula is C20H21ClN4O. The van der Waals surface area contributed by atoms with Gasteiger partial charge in [0.2, 0.25) is 0 Å². The third-order valence-electron chi connectivity index (χ3n) is 3.47. The zero-order valence-electron chi connectivity index (χ0n) is 15.0. The van der Waals surface area contributed by atoms with Crippen LogP contribution in [0.2, 0.25) is 5.02 Å². The molecule has 0 aliphatic heterocycles. The molecule has 5 nitrogen and oxygen atoms in total. The van der Waals surface area contributed by atoms with Crippen molar-refractivity contribution in [2.75, 3.05) is 10.6 Å². The van der Waals surface area contributed by atoms with E-state index in [1.165, 1.54) is 0 Å². The highest BCUT2D eigenvalue weighted by atomic mass is 35.5. The largest absolute Gasteiger partial charge is 0.491 e. The summed E-state index contributed by atoms with van der Waals surface area (Å²) in [4.78, 5) is 8.86. The fraction of sp³-hybridized carbons (Fsp3) is 0.200. The van der Waals surface area contributed by atoms with E-state index in [4.69, 9.17) is 16.3 Å². The number of hydrogen-bond acceptors (Lipinski definition) is 5. The van der Waals surface area contributed by atoms with Gasteiger partial charge in [-0.05, 0) is 57.2 Å². The molecule has 0 aliphatic carbocycles. The lowest BCUT2D eigenvalue weighted by molar-refractivity contribution is 0.242. The number of para-hydroxylation sites is 1. The average molecular weight is 369 g/mol. The van der Waals surface area contributed by atoms with Gasteiger partial charge < -0.3 is 15.4 Å². The molecule has 2 N–H and O–H groups in total. The molecule has 0 saturated carbocycles. The zero-order chi connectivity index (χ0) is 18.5. The van der Waals surface area contributed by atoms with Crippen molar-refractivity contribution in [3.05, 3.63) is 65.4 Å². The van der Waals surface area contributed by atoms with E-state index in [9.17, 15) is 0 Å². The van der Waals surface area contributed by atoms with Gasteiger partial charge in [-0.1, -0.05) is 23.7 Å². The van der Waals surface area contributed by atoms with Crippen LogP contribution in [0.4, 0.5) is 23.0 Å². The van der Waals surface area contributed by atoms with E-state index < -0.39 is 0 Å². The first-order valence-corrected chi connectivity index (χ1v) is 8.78. The van der Waals surface area contributed by atoms with Crippen LogP contribution in [0.25, 0.3) is 0 Å². The van der Waals surface area contributed by atoms with Crippen molar-refractivity contribution in [2.24, 2.45) is 0 Å². The van der Waals surface area contributed by atoms with Crippen LogP contribution in [0.15, 0.2) is 54.6 Å². The Labute approximate surface area is 158 Å². The molecule has 1 aromatic heterocycles. The minimum Gasteiger partial charge on any atom is -0.491 e. The van der Waals surface area contributed by atoms with E-state index >= 15 is 0 Å². The number of nitrogens with zero attached hydrogens (tertiary/aromatic N) is 2. The molecular weight excluding hydrogens is 348 g/mol. The highest BCUT2D eigenvalue weighted by Crippen LogP contribution is 2.26. The van der Waals surface area contributed by atoms with Gasteiger partial charge in [0.25, 0.3) is 0 Å². The lowest BCUT2D eigenvalue weighted by Gasteiger charge is -2.12. The van der Waals surface area contributed by atoms with Crippen LogP contribution in [0, 0.1) is 6.92 Å². The second-order valence-corrected chi connectivity index (χ2v) is 6.51. The van der Waals surface area contributed by atoms with Gasteiger partial charge in [0, 0.05) is 11.8 Å². The monoisotopic (exact) mass is 368 g/mol. The van der Waals surface area contributed by atoms with Crippen molar-refractivity contribution in [1.29, 1.82) is 0 Å². The van der Waals surface area contributed by atoms with Crippen LogP contribution in [0.1, 0.15) is 19.7 Å². The van der Waals surface area contributed by atoms with Crippen molar-refractivity contribution >= 4 is 34.6 Å². The third kappa shape index (κ3) is 4.86. The summed E-state index contributed by atoms with van der Waals surface area (Å²) in [6.45, 7) is 5.86. The quantitative estimate of drug-likeness (QED) is 0.583. The van der Waals surface area contributed by atoms with Gasteiger partial charge in [0.1, 0.15) is 23.2 Å². The summed E-state index contributed by atoms with van der Waals surface area (Å²) in [7, 11) is 0. The highest BCUT2D eigenvalue weighted by molar-refractivity contribution is 6.33. The van der Waals surface area contributed by atoms with Crippen molar-refractivity contribution in [1.82, 2.24) is 9.97 Å². The number of nitrogens with one attached hydrogen (secondary N) is 2. The Balaban J connectivity index is 1.76. The molecule has 0 unspecified atom stereocenters. The molecule has 134 valence electrons. The van der Waals surface area contributed by atoms with Gasteiger partial charge in [-0.3, -0.25) is 0 Å². The molecule has 0 amide bonds. The van der Waals surface area contributed by atoms with Crippen molar-refractivity contribution < 1.29 is 4.74 Å². The van der Waals surface area contributed by atoms with Crippen LogP contribution >= 0.6 is 11.6 Å². The van der Waals surface area contributed by atoms with E-state index in [0.717, 1.165) is 17.1 Å². The Kier molecular flexibility index (Phi) is 5.58. The molecule has 3 rings (SSSR count). The van der Waals surface area contributed by atoms with Crippen molar-refractivity contribution in [3.8, 4) is 5.75 Å².